The number of halogens is 1. The van der Waals surface area contributed by atoms with E-state index in [1.165, 1.54) is 0 Å². The zero-order valence-corrected chi connectivity index (χ0v) is 13.8. The lowest BCUT2D eigenvalue weighted by molar-refractivity contribution is 0.133. The predicted molar refractivity (Wildman–Crippen MR) is 86.6 cm³/mol. The van der Waals surface area contributed by atoms with Crippen LogP contribution in [0, 0.1) is 0 Å². The summed E-state index contributed by atoms with van der Waals surface area (Å²) in [5.74, 6) is 0. The van der Waals surface area contributed by atoms with E-state index in [1.54, 1.807) is 37.2 Å². The quantitative estimate of drug-likeness (QED) is 0.888. The van der Waals surface area contributed by atoms with Gasteiger partial charge in [-0.15, -0.1) is 0 Å². The monoisotopic (exact) mass is 332 g/mol. The molecule has 0 aliphatic heterocycles. The van der Waals surface area contributed by atoms with Gasteiger partial charge < -0.3 is 10.0 Å². The molecular formula is C14H21ClN2O3S. The maximum absolute atomic E-state index is 12.5. The molecule has 7 heteroatoms. The number of benzene rings is 1. The number of anilines is 2. The van der Waals surface area contributed by atoms with Crippen LogP contribution < -0.4 is 9.62 Å². The molecule has 0 amide bonds. The maximum atomic E-state index is 12.5. The lowest BCUT2D eigenvalue weighted by atomic mass is 9.97. The van der Waals surface area contributed by atoms with E-state index in [4.69, 9.17) is 11.6 Å². The summed E-state index contributed by atoms with van der Waals surface area (Å²) >= 11 is 6.14. The molecule has 1 aliphatic rings. The van der Waals surface area contributed by atoms with Crippen LogP contribution in [0.4, 0.5) is 11.4 Å². The van der Waals surface area contributed by atoms with Crippen molar-refractivity contribution >= 4 is 33.0 Å². The van der Waals surface area contributed by atoms with Crippen LogP contribution in [-0.4, -0.2) is 39.0 Å². The van der Waals surface area contributed by atoms with E-state index in [0.29, 0.717) is 29.2 Å². The highest BCUT2D eigenvalue weighted by Crippen LogP contribution is 2.34. The van der Waals surface area contributed by atoms with Crippen molar-refractivity contribution in [2.75, 3.05) is 23.7 Å². The third-order valence-electron chi connectivity index (χ3n) is 3.75. The molecular weight excluding hydrogens is 312 g/mol. The lowest BCUT2D eigenvalue weighted by Gasteiger charge is -2.28. The lowest BCUT2D eigenvalue weighted by Crippen LogP contribution is -2.40. The summed E-state index contributed by atoms with van der Waals surface area (Å²) in [7, 11) is -0.0435. The van der Waals surface area contributed by atoms with Gasteiger partial charge in [0.05, 0.1) is 22.5 Å². The highest BCUT2D eigenvalue weighted by atomic mass is 35.5. The molecule has 0 radical (unpaired) electrons. The average Bonchev–Trinajstić information content (AvgIpc) is 2.38. The summed E-state index contributed by atoms with van der Waals surface area (Å²) < 4.78 is 27.6. The zero-order chi connectivity index (χ0) is 15.6. The van der Waals surface area contributed by atoms with Gasteiger partial charge in [-0.05, 0) is 25.0 Å². The zero-order valence-electron chi connectivity index (χ0n) is 12.2. The van der Waals surface area contributed by atoms with Gasteiger partial charge in [-0.1, -0.05) is 30.5 Å². The van der Waals surface area contributed by atoms with Gasteiger partial charge in [0.2, 0.25) is 10.0 Å². The molecule has 1 aromatic rings. The second-order valence-corrected chi connectivity index (χ2v) is 7.87. The van der Waals surface area contributed by atoms with Crippen molar-refractivity contribution < 1.29 is 13.5 Å². The van der Waals surface area contributed by atoms with E-state index in [9.17, 15) is 13.5 Å². The van der Waals surface area contributed by atoms with Gasteiger partial charge in [-0.2, -0.15) is 0 Å². The Labute approximate surface area is 131 Å². The normalized spacial score (nSPS) is 22.9. The van der Waals surface area contributed by atoms with Crippen LogP contribution >= 0.6 is 11.6 Å². The first kappa shape index (κ1) is 16.4. The molecule has 2 unspecified atom stereocenters. The fourth-order valence-electron chi connectivity index (χ4n) is 2.72. The van der Waals surface area contributed by atoms with Gasteiger partial charge in [0.1, 0.15) is 5.25 Å². The van der Waals surface area contributed by atoms with Crippen molar-refractivity contribution in [3.8, 4) is 0 Å². The Kier molecular flexibility index (Phi) is 5.01. The number of para-hydroxylation sites is 1. The number of hydrogen-bond donors (Lipinski definition) is 2. The number of hydrogen-bond acceptors (Lipinski definition) is 4. The van der Waals surface area contributed by atoms with Crippen molar-refractivity contribution in [2.24, 2.45) is 0 Å². The second-order valence-electron chi connectivity index (χ2n) is 5.57. The molecule has 2 N–H and O–H groups in total. The van der Waals surface area contributed by atoms with Crippen LogP contribution in [0.2, 0.25) is 5.02 Å². The van der Waals surface area contributed by atoms with Gasteiger partial charge in [0.15, 0.2) is 0 Å². The minimum absolute atomic E-state index is 0.435. The number of nitrogens with zero attached hydrogens (tertiary/aromatic N) is 1. The molecule has 21 heavy (non-hydrogen) atoms. The third-order valence-corrected chi connectivity index (χ3v) is 5.91. The van der Waals surface area contributed by atoms with Gasteiger partial charge in [-0.3, -0.25) is 4.72 Å². The molecule has 2 atom stereocenters. The molecule has 0 spiro atoms. The third kappa shape index (κ3) is 3.62. The van der Waals surface area contributed by atoms with E-state index in [-0.39, 0.29) is 0 Å². The topological polar surface area (TPSA) is 69.6 Å². The Hall–Kier alpha value is -0.980. The molecule has 0 saturated heterocycles. The molecule has 1 aliphatic carbocycles. The molecule has 0 bridgehead atoms. The molecule has 5 nitrogen and oxygen atoms in total. The summed E-state index contributed by atoms with van der Waals surface area (Å²) in [5.41, 5.74) is 1.05. The Bertz CT molecular complexity index is 604. The van der Waals surface area contributed by atoms with E-state index in [2.05, 4.69) is 4.72 Å². The number of aliphatic hydroxyl groups is 1. The second kappa shape index (κ2) is 6.42. The molecule has 0 heterocycles. The van der Waals surface area contributed by atoms with Crippen molar-refractivity contribution in [1.29, 1.82) is 0 Å². The number of sulfonamides is 1. The minimum Gasteiger partial charge on any atom is -0.392 e. The predicted octanol–water partition coefficient (Wildman–Crippen LogP) is 2.45. The first-order valence-corrected chi connectivity index (χ1v) is 8.91. The highest BCUT2D eigenvalue weighted by molar-refractivity contribution is 7.93. The first-order chi connectivity index (χ1) is 9.83. The SMILES string of the molecule is CN(C)c1c(Cl)cccc1NS(=O)(=O)C1CCCCC1O. The average molecular weight is 333 g/mol. The number of nitrogens with one attached hydrogen (secondary N) is 1. The van der Waals surface area contributed by atoms with Crippen LogP contribution in [0.25, 0.3) is 0 Å². The van der Waals surface area contributed by atoms with Crippen LogP contribution in [-0.2, 0) is 10.0 Å². The molecule has 1 fully saturated rings. The van der Waals surface area contributed by atoms with Gasteiger partial charge in [0.25, 0.3) is 0 Å². The smallest absolute Gasteiger partial charge is 0.238 e. The van der Waals surface area contributed by atoms with Crippen LogP contribution in [0.5, 0.6) is 0 Å². The summed E-state index contributed by atoms with van der Waals surface area (Å²) in [6, 6.07) is 5.09. The Morgan fingerprint density at radius 2 is 1.95 bits per heavy atom. The first-order valence-electron chi connectivity index (χ1n) is 6.98. The molecule has 0 aromatic heterocycles. The van der Waals surface area contributed by atoms with Crippen LogP contribution in [0.1, 0.15) is 25.7 Å². The molecule has 1 saturated carbocycles. The number of aliphatic hydroxyl groups excluding tert-OH is 1. The van der Waals surface area contributed by atoms with E-state index < -0.39 is 21.4 Å². The van der Waals surface area contributed by atoms with Gasteiger partial charge >= 0.3 is 0 Å². The molecule has 1 aromatic carbocycles. The maximum Gasteiger partial charge on any atom is 0.238 e. The van der Waals surface area contributed by atoms with Crippen molar-refractivity contribution in [3.05, 3.63) is 23.2 Å². The van der Waals surface area contributed by atoms with Gasteiger partial charge in [0, 0.05) is 14.1 Å². The van der Waals surface area contributed by atoms with Crippen molar-refractivity contribution in [2.45, 2.75) is 37.0 Å². The highest BCUT2D eigenvalue weighted by Gasteiger charge is 2.35. The standard InChI is InChI=1S/C14H21ClN2O3S/c1-17(2)14-10(15)6-5-7-11(14)16-21(19,20)13-9-4-3-8-12(13)18/h5-7,12-13,16,18H,3-4,8-9H2,1-2H3. The Morgan fingerprint density at radius 3 is 2.57 bits per heavy atom. The largest absolute Gasteiger partial charge is 0.392 e. The summed E-state index contributed by atoms with van der Waals surface area (Å²) in [5, 5.41) is 9.67. The van der Waals surface area contributed by atoms with Gasteiger partial charge in [-0.25, -0.2) is 8.42 Å². The fraction of sp³-hybridized carbons (Fsp3) is 0.571. The van der Waals surface area contributed by atoms with E-state index in [0.717, 1.165) is 12.8 Å². The summed E-state index contributed by atoms with van der Waals surface area (Å²) in [4.78, 5) is 1.76. The fourth-order valence-corrected chi connectivity index (χ4v) is 4.71. The Morgan fingerprint density at radius 1 is 1.29 bits per heavy atom. The van der Waals surface area contributed by atoms with Crippen LogP contribution in [0.15, 0.2) is 18.2 Å². The van der Waals surface area contributed by atoms with E-state index in [1.807, 2.05) is 0 Å². The number of rotatable bonds is 4. The summed E-state index contributed by atoms with van der Waals surface area (Å²) in [6.45, 7) is 0. The summed E-state index contributed by atoms with van der Waals surface area (Å²) in [6.07, 6.45) is 1.89. The molecule has 2 rings (SSSR count). The molecule has 118 valence electrons. The van der Waals surface area contributed by atoms with Crippen molar-refractivity contribution in [3.63, 3.8) is 0 Å². The Balaban J connectivity index is 2.31. The van der Waals surface area contributed by atoms with Crippen molar-refractivity contribution in [1.82, 2.24) is 0 Å². The van der Waals surface area contributed by atoms with Crippen LogP contribution in [0.3, 0.4) is 0 Å². The minimum atomic E-state index is -3.64. The van der Waals surface area contributed by atoms with E-state index >= 15 is 0 Å².